The van der Waals surface area contributed by atoms with Gasteiger partial charge in [0.25, 0.3) is 0 Å². The number of pyridine rings is 1. The van der Waals surface area contributed by atoms with Crippen molar-refractivity contribution in [1.82, 2.24) is 4.98 Å². The Morgan fingerprint density at radius 1 is 0.913 bits per heavy atom. The average Bonchev–Trinajstić information content (AvgIpc) is 2.45. The average molecular weight is 335 g/mol. The van der Waals surface area contributed by atoms with E-state index in [9.17, 15) is 31.1 Å². The lowest BCUT2D eigenvalue weighted by Gasteiger charge is -2.11. The summed E-state index contributed by atoms with van der Waals surface area (Å²) in [5.41, 5.74) is -1.42. The van der Waals surface area contributed by atoms with Crippen molar-refractivity contribution in [2.24, 2.45) is 0 Å². The monoisotopic (exact) mass is 335 g/mol. The minimum Gasteiger partial charge on any atom is -0.406 e. The van der Waals surface area contributed by atoms with Crippen LogP contribution in [-0.2, 0) is 6.18 Å². The number of hydrogen-bond donors (Lipinski definition) is 0. The summed E-state index contributed by atoms with van der Waals surface area (Å²) >= 11 is 0. The van der Waals surface area contributed by atoms with Gasteiger partial charge in [0.2, 0.25) is 0 Å². The summed E-state index contributed by atoms with van der Waals surface area (Å²) in [6.07, 6.45) is -9.42. The lowest BCUT2D eigenvalue weighted by atomic mass is 10.0. The van der Waals surface area contributed by atoms with Gasteiger partial charge in [0.1, 0.15) is 17.1 Å². The minimum atomic E-state index is -4.86. The normalized spacial score (nSPS) is 12.1. The minimum absolute atomic E-state index is 0.0616. The Kier molecular flexibility index (Phi) is 4.31. The summed E-state index contributed by atoms with van der Waals surface area (Å²) in [5, 5.41) is 0. The zero-order valence-electron chi connectivity index (χ0n) is 11.1. The highest BCUT2D eigenvalue weighted by molar-refractivity contribution is 5.85. The molecule has 0 spiro atoms. The van der Waals surface area contributed by atoms with E-state index in [1.54, 1.807) is 0 Å². The van der Waals surface area contributed by atoms with Crippen LogP contribution in [0.1, 0.15) is 16.2 Å². The molecule has 3 nitrogen and oxygen atoms in total. The lowest BCUT2D eigenvalue weighted by molar-refractivity contribution is -0.274. The van der Waals surface area contributed by atoms with E-state index >= 15 is 0 Å². The van der Waals surface area contributed by atoms with E-state index in [2.05, 4.69) is 9.72 Å². The number of aldehydes is 1. The van der Waals surface area contributed by atoms with Crippen molar-refractivity contribution in [2.75, 3.05) is 0 Å². The summed E-state index contributed by atoms with van der Waals surface area (Å²) in [4.78, 5) is 14.1. The molecule has 0 atom stereocenters. The molecule has 0 N–H and O–H groups in total. The zero-order valence-corrected chi connectivity index (χ0v) is 11.1. The van der Waals surface area contributed by atoms with E-state index in [-0.39, 0.29) is 17.4 Å². The number of nitrogens with zero attached hydrogens (tertiary/aromatic N) is 1. The Labute approximate surface area is 125 Å². The highest BCUT2D eigenvalue weighted by atomic mass is 19.4. The number of hydrogen-bond acceptors (Lipinski definition) is 3. The molecule has 2 aromatic rings. The molecule has 0 amide bonds. The van der Waals surface area contributed by atoms with Gasteiger partial charge >= 0.3 is 12.5 Å². The molecular formula is C14H7F6NO2. The van der Waals surface area contributed by atoms with E-state index in [0.717, 1.165) is 18.2 Å². The van der Waals surface area contributed by atoms with E-state index in [1.165, 1.54) is 12.1 Å². The van der Waals surface area contributed by atoms with Crippen LogP contribution in [0.5, 0.6) is 5.75 Å². The van der Waals surface area contributed by atoms with Crippen LogP contribution in [0.15, 0.2) is 36.4 Å². The van der Waals surface area contributed by atoms with Gasteiger partial charge in [0.05, 0.1) is 0 Å². The first-order valence-electron chi connectivity index (χ1n) is 6.00. The van der Waals surface area contributed by atoms with Crippen molar-refractivity contribution < 1.29 is 35.9 Å². The topological polar surface area (TPSA) is 39.2 Å². The van der Waals surface area contributed by atoms with E-state index in [1.807, 2.05) is 0 Å². The first-order valence-corrected chi connectivity index (χ1v) is 6.00. The Morgan fingerprint density at radius 2 is 1.52 bits per heavy atom. The molecule has 2 rings (SSSR count). The highest BCUT2D eigenvalue weighted by Crippen LogP contribution is 2.31. The molecular weight excluding hydrogens is 328 g/mol. The third-order valence-electron chi connectivity index (χ3n) is 2.73. The zero-order chi connectivity index (χ0) is 17.3. The number of aromatic nitrogens is 1. The van der Waals surface area contributed by atoms with Gasteiger partial charge in [0, 0.05) is 5.56 Å². The van der Waals surface area contributed by atoms with Crippen molar-refractivity contribution in [2.45, 2.75) is 12.5 Å². The largest absolute Gasteiger partial charge is 0.573 e. The van der Waals surface area contributed by atoms with Crippen LogP contribution in [-0.4, -0.2) is 17.6 Å². The second-order valence-corrected chi connectivity index (χ2v) is 4.32. The number of carbonyl (C=O) groups is 1. The van der Waals surface area contributed by atoms with E-state index < -0.39 is 29.7 Å². The fourth-order valence-corrected chi connectivity index (χ4v) is 1.80. The molecule has 0 aliphatic rings. The fraction of sp³-hybridized carbons (Fsp3) is 0.143. The fourth-order valence-electron chi connectivity index (χ4n) is 1.80. The van der Waals surface area contributed by atoms with Gasteiger partial charge in [0.15, 0.2) is 6.29 Å². The van der Waals surface area contributed by atoms with Crippen LogP contribution in [0.25, 0.3) is 11.1 Å². The first kappa shape index (κ1) is 16.8. The van der Waals surface area contributed by atoms with Crippen LogP contribution in [0.3, 0.4) is 0 Å². The van der Waals surface area contributed by atoms with Gasteiger partial charge in [-0.25, -0.2) is 4.98 Å². The molecule has 0 radical (unpaired) electrons. The molecule has 0 unspecified atom stereocenters. The van der Waals surface area contributed by atoms with Gasteiger partial charge in [-0.05, 0) is 29.8 Å². The Balaban J connectivity index is 2.37. The molecule has 1 heterocycles. The van der Waals surface area contributed by atoms with Gasteiger partial charge < -0.3 is 4.74 Å². The molecule has 1 aromatic heterocycles. The molecule has 0 bridgehead atoms. The maximum atomic E-state index is 12.5. The highest BCUT2D eigenvalue weighted by Gasteiger charge is 2.33. The van der Waals surface area contributed by atoms with Crippen molar-refractivity contribution >= 4 is 6.29 Å². The molecule has 23 heavy (non-hydrogen) atoms. The maximum Gasteiger partial charge on any atom is 0.573 e. The standard InChI is InChI=1S/C14H7F6NO2/c15-13(16,17)12-6-5-10(11(7-22)21-12)8-1-3-9(4-2-8)23-14(18,19)20/h1-7H. The van der Waals surface area contributed by atoms with Crippen LogP contribution in [0.4, 0.5) is 26.3 Å². The smallest absolute Gasteiger partial charge is 0.406 e. The third-order valence-corrected chi connectivity index (χ3v) is 2.73. The lowest BCUT2D eigenvalue weighted by Crippen LogP contribution is -2.16. The quantitative estimate of drug-likeness (QED) is 0.613. The summed E-state index contributed by atoms with van der Waals surface area (Å²) in [6, 6.07) is 6.03. The van der Waals surface area contributed by atoms with Crippen molar-refractivity contribution in [3.05, 3.63) is 47.8 Å². The van der Waals surface area contributed by atoms with Crippen LogP contribution >= 0.6 is 0 Å². The second-order valence-electron chi connectivity index (χ2n) is 4.32. The summed E-state index contributed by atoms with van der Waals surface area (Å²) in [7, 11) is 0. The molecule has 122 valence electrons. The molecule has 0 aliphatic carbocycles. The van der Waals surface area contributed by atoms with E-state index in [4.69, 9.17) is 0 Å². The van der Waals surface area contributed by atoms with Crippen molar-refractivity contribution in [3.63, 3.8) is 0 Å². The number of rotatable bonds is 3. The van der Waals surface area contributed by atoms with Gasteiger partial charge in [-0.1, -0.05) is 12.1 Å². The van der Waals surface area contributed by atoms with Gasteiger partial charge in [-0.2, -0.15) is 13.2 Å². The van der Waals surface area contributed by atoms with E-state index in [0.29, 0.717) is 6.07 Å². The van der Waals surface area contributed by atoms with Crippen LogP contribution in [0, 0.1) is 0 Å². The first-order chi connectivity index (χ1) is 10.6. The number of alkyl halides is 6. The summed E-state index contributed by atoms with van der Waals surface area (Å²) in [6.45, 7) is 0. The van der Waals surface area contributed by atoms with Gasteiger partial charge in [-0.3, -0.25) is 4.79 Å². The summed E-state index contributed by atoms with van der Waals surface area (Å²) < 4.78 is 77.5. The van der Waals surface area contributed by atoms with Crippen LogP contribution < -0.4 is 4.74 Å². The molecule has 0 saturated carbocycles. The van der Waals surface area contributed by atoms with Crippen molar-refractivity contribution in [3.8, 4) is 16.9 Å². The SMILES string of the molecule is O=Cc1nc(C(F)(F)F)ccc1-c1ccc(OC(F)(F)F)cc1. The van der Waals surface area contributed by atoms with Crippen LogP contribution in [0.2, 0.25) is 0 Å². The van der Waals surface area contributed by atoms with Gasteiger partial charge in [-0.15, -0.1) is 13.2 Å². The molecule has 1 aromatic carbocycles. The Hall–Kier alpha value is -2.58. The number of carbonyl (C=O) groups excluding carboxylic acids is 1. The number of benzene rings is 1. The summed E-state index contributed by atoms with van der Waals surface area (Å²) in [5.74, 6) is -0.492. The van der Waals surface area contributed by atoms with Crippen molar-refractivity contribution in [1.29, 1.82) is 0 Å². The molecule has 0 aliphatic heterocycles. The maximum absolute atomic E-state index is 12.5. The number of halogens is 6. The Bertz CT molecular complexity index is 707. The Morgan fingerprint density at radius 3 is 2.00 bits per heavy atom. The molecule has 9 heteroatoms. The molecule has 0 saturated heterocycles. The predicted octanol–water partition coefficient (Wildman–Crippen LogP) is 4.48. The molecule has 0 fully saturated rings. The third kappa shape index (κ3) is 4.21. The predicted molar refractivity (Wildman–Crippen MR) is 66.7 cm³/mol. The second kappa shape index (κ2) is 5.90. The number of ether oxygens (including phenoxy) is 1.